The number of hydrogen-bond acceptors (Lipinski definition) is 6. The number of pyridine rings is 1. The van der Waals surface area contributed by atoms with Crippen LogP contribution in [-0.2, 0) is 16.1 Å². The second kappa shape index (κ2) is 10.5. The van der Waals surface area contributed by atoms with Crippen LogP contribution in [0.5, 0.6) is 0 Å². The molecule has 4 rings (SSSR count). The lowest BCUT2D eigenvalue weighted by Crippen LogP contribution is -2.38. The van der Waals surface area contributed by atoms with Crippen LogP contribution < -0.4 is 21.5 Å². The van der Waals surface area contributed by atoms with Crippen LogP contribution in [0.4, 0.5) is 5.69 Å². The van der Waals surface area contributed by atoms with Crippen LogP contribution in [0.25, 0.3) is 11.3 Å². The molecule has 1 saturated carbocycles. The van der Waals surface area contributed by atoms with E-state index in [0.717, 1.165) is 23.1 Å². The van der Waals surface area contributed by atoms with Gasteiger partial charge in [0.1, 0.15) is 6.54 Å². The predicted molar refractivity (Wildman–Crippen MR) is 125 cm³/mol. The van der Waals surface area contributed by atoms with Crippen LogP contribution in [0.2, 0.25) is 0 Å². The monoisotopic (exact) mass is 460 g/mol. The van der Waals surface area contributed by atoms with E-state index in [1.54, 1.807) is 54.9 Å². The van der Waals surface area contributed by atoms with Gasteiger partial charge >= 0.3 is 0 Å². The average Bonchev–Trinajstić information content (AvgIpc) is 3.70. The fourth-order valence-corrected chi connectivity index (χ4v) is 3.21. The maximum atomic E-state index is 12.3. The highest BCUT2D eigenvalue weighted by atomic mass is 16.2. The van der Waals surface area contributed by atoms with E-state index < -0.39 is 11.5 Å². The molecule has 3 aromatic rings. The summed E-state index contributed by atoms with van der Waals surface area (Å²) in [6, 6.07) is 13.1. The Morgan fingerprint density at radius 3 is 2.32 bits per heavy atom. The van der Waals surface area contributed by atoms with Crippen molar-refractivity contribution in [2.24, 2.45) is 5.92 Å². The molecule has 1 fully saturated rings. The number of nitrogens with zero attached hydrogens (tertiary/aromatic N) is 3. The molecule has 0 aliphatic heterocycles. The van der Waals surface area contributed by atoms with Crippen LogP contribution in [-0.4, -0.2) is 45.6 Å². The predicted octanol–water partition coefficient (Wildman–Crippen LogP) is 1.20. The molecule has 3 amide bonds. The molecule has 1 aliphatic rings. The van der Waals surface area contributed by atoms with Gasteiger partial charge in [-0.2, -0.15) is 5.10 Å². The summed E-state index contributed by atoms with van der Waals surface area (Å²) in [5.74, 6) is -0.573. The number of anilines is 1. The maximum Gasteiger partial charge on any atom is 0.267 e. The molecule has 0 bridgehead atoms. The fraction of sp³-hybridized carbons (Fsp3) is 0.250. The Kier molecular flexibility index (Phi) is 7.07. The first kappa shape index (κ1) is 22.8. The summed E-state index contributed by atoms with van der Waals surface area (Å²) in [4.78, 5) is 52.3. The van der Waals surface area contributed by atoms with Crippen molar-refractivity contribution in [3.05, 3.63) is 76.8 Å². The van der Waals surface area contributed by atoms with E-state index in [9.17, 15) is 19.2 Å². The largest absolute Gasteiger partial charge is 0.353 e. The molecule has 0 spiro atoms. The Balaban J connectivity index is 1.22. The molecular weight excluding hydrogens is 436 g/mol. The zero-order chi connectivity index (χ0) is 23.9. The third-order valence-corrected chi connectivity index (χ3v) is 5.23. The lowest BCUT2D eigenvalue weighted by molar-refractivity contribution is -0.122. The van der Waals surface area contributed by atoms with Gasteiger partial charge in [0.2, 0.25) is 11.8 Å². The maximum absolute atomic E-state index is 12.3. The first-order valence-electron chi connectivity index (χ1n) is 10.9. The van der Waals surface area contributed by atoms with Gasteiger partial charge in [-0.15, -0.1) is 0 Å². The molecule has 2 heterocycles. The summed E-state index contributed by atoms with van der Waals surface area (Å²) >= 11 is 0. The van der Waals surface area contributed by atoms with Crippen molar-refractivity contribution in [1.29, 1.82) is 0 Å². The molecular formula is C24H24N6O4. The van der Waals surface area contributed by atoms with E-state index in [4.69, 9.17) is 0 Å². The van der Waals surface area contributed by atoms with Crippen LogP contribution in [0.1, 0.15) is 23.2 Å². The summed E-state index contributed by atoms with van der Waals surface area (Å²) in [6.07, 6.45) is 5.09. The molecule has 34 heavy (non-hydrogen) atoms. The second-order valence-electron chi connectivity index (χ2n) is 7.90. The van der Waals surface area contributed by atoms with Gasteiger partial charge in [-0.05, 0) is 55.3 Å². The first-order chi connectivity index (χ1) is 16.5. The molecule has 2 aromatic heterocycles. The smallest absolute Gasteiger partial charge is 0.267 e. The van der Waals surface area contributed by atoms with E-state index in [-0.39, 0.29) is 37.4 Å². The van der Waals surface area contributed by atoms with E-state index in [1.807, 2.05) is 0 Å². The number of aromatic nitrogens is 3. The molecule has 0 saturated heterocycles. The average molecular weight is 460 g/mol. The summed E-state index contributed by atoms with van der Waals surface area (Å²) in [5, 5.41) is 12.4. The lowest BCUT2D eigenvalue weighted by Gasteiger charge is -2.09. The number of carbonyl (C=O) groups is 3. The molecule has 0 atom stereocenters. The Morgan fingerprint density at radius 2 is 1.62 bits per heavy atom. The number of benzene rings is 1. The minimum absolute atomic E-state index is 0.00880. The molecule has 1 aliphatic carbocycles. The third-order valence-electron chi connectivity index (χ3n) is 5.23. The van der Waals surface area contributed by atoms with E-state index in [0.29, 0.717) is 16.9 Å². The topological polar surface area (TPSA) is 135 Å². The number of hydrogen-bond donors (Lipinski definition) is 3. The molecule has 174 valence electrons. The van der Waals surface area contributed by atoms with E-state index >= 15 is 0 Å². The number of carbonyl (C=O) groups excluding carboxylic acids is 3. The Bertz CT molecular complexity index is 1240. The van der Waals surface area contributed by atoms with Gasteiger partial charge in [0.25, 0.3) is 11.5 Å². The quantitative estimate of drug-likeness (QED) is 0.411. The normalized spacial score (nSPS) is 12.6. The van der Waals surface area contributed by atoms with Gasteiger partial charge in [0.05, 0.1) is 5.69 Å². The molecule has 0 radical (unpaired) electrons. The highest BCUT2D eigenvalue weighted by molar-refractivity contribution is 5.96. The third kappa shape index (κ3) is 6.12. The van der Waals surface area contributed by atoms with E-state index in [1.165, 1.54) is 6.07 Å². The van der Waals surface area contributed by atoms with Crippen LogP contribution in [0.3, 0.4) is 0 Å². The molecule has 3 N–H and O–H groups in total. The molecule has 10 heteroatoms. The van der Waals surface area contributed by atoms with Crippen molar-refractivity contribution in [2.45, 2.75) is 19.4 Å². The van der Waals surface area contributed by atoms with Crippen molar-refractivity contribution >= 4 is 23.4 Å². The zero-order valence-electron chi connectivity index (χ0n) is 18.4. The Labute approximate surface area is 195 Å². The standard InChI is InChI=1S/C24H24N6O4/c31-21(15-30-22(32)8-7-20(29-30)16-9-11-25-12-10-16)26-13-14-27-23(33)17-3-5-19(6-4-17)28-24(34)18-1-2-18/h3-12,18H,1-2,13-15H2,(H,26,31)(H,27,33)(H,28,34). The highest BCUT2D eigenvalue weighted by Crippen LogP contribution is 2.30. The number of nitrogens with one attached hydrogen (secondary N) is 3. The molecule has 0 unspecified atom stereocenters. The van der Waals surface area contributed by atoms with Gasteiger partial charge in [-0.25, -0.2) is 4.68 Å². The minimum Gasteiger partial charge on any atom is -0.353 e. The second-order valence-corrected chi connectivity index (χ2v) is 7.90. The molecule has 10 nitrogen and oxygen atoms in total. The summed E-state index contributed by atoms with van der Waals surface area (Å²) in [6.45, 7) is 0.169. The van der Waals surface area contributed by atoms with Gasteiger partial charge in [0, 0.05) is 54.3 Å². The zero-order valence-corrected chi connectivity index (χ0v) is 18.4. The fourth-order valence-electron chi connectivity index (χ4n) is 3.21. The van der Waals surface area contributed by atoms with Gasteiger partial charge in [-0.3, -0.25) is 24.2 Å². The van der Waals surface area contributed by atoms with Crippen molar-refractivity contribution < 1.29 is 14.4 Å². The Hall–Kier alpha value is -4.34. The van der Waals surface area contributed by atoms with Gasteiger partial charge < -0.3 is 16.0 Å². The highest BCUT2D eigenvalue weighted by Gasteiger charge is 2.29. The number of rotatable bonds is 9. The first-order valence-corrected chi connectivity index (χ1v) is 10.9. The van der Waals surface area contributed by atoms with Crippen molar-refractivity contribution in [3.63, 3.8) is 0 Å². The van der Waals surface area contributed by atoms with Crippen LogP contribution in [0, 0.1) is 5.92 Å². The van der Waals surface area contributed by atoms with Crippen molar-refractivity contribution in [3.8, 4) is 11.3 Å². The molecule has 1 aromatic carbocycles. The Morgan fingerprint density at radius 1 is 0.912 bits per heavy atom. The lowest BCUT2D eigenvalue weighted by atomic mass is 10.2. The summed E-state index contributed by atoms with van der Waals surface area (Å²) in [7, 11) is 0. The van der Waals surface area contributed by atoms with Crippen LogP contribution in [0.15, 0.2) is 65.7 Å². The van der Waals surface area contributed by atoms with Gasteiger partial charge in [0.15, 0.2) is 0 Å². The van der Waals surface area contributed by atoms with Gasteiger partial charge in [-0.1, -0.05) is 0 Å². The van der Waals surface area contributed by atoms with E-state index in [2.05, 4.69) is 26.0 Å². The van der Waals surface area contributed by atoms with Crippen molar-refractivity contribution in [2.75, 3.05) is 18.4 Å². The summed E-state index contributed by atoms with van der Waals surface area (Å²) < 4.78 is 1.09. The van der Waals surface area contributed by atoms with Crippen LogP contribution >= 0.6 is 0 Å². The SMILES string of the molecule is O=C(Cn1nc(-c2ccncc2)ccc1=O)NCCNC(=O)c1ccc(NC(=O)C2CC2)cc1. The minimum atomic E-state index is -0.397. The number of amides is 3. The van der Waals surface area contributed by atoms with Crippen molar-refractivity contribution in [1.82, 2.24) is 25.4 Å². The summed E-state index contributed by atoms with van der Waals surface area (Å²) in [5.41, 5.74) is 2.04.